The number of aryl methyl sites for hydroxylation is 2. The Labute approximate surface area is 191 Å². The lowest BCUT2D eigenvalue weighted by Crippen LogP contribution is -2.17. The fraction of sp³-hybridized carbons (Fsp3) is 0.130. The number of anilines is 1. The van der Waals surface area contributed by atoms with Crippen LogP contribution >= 0.6 is 11.8 Å². The highest BCUT2D eigenvalue weighted by atomic mass is 32.2. The maximum atomic E-state index is 13.3. The average Bonchev–Trinajstić information content (AvgIpc) is 3.30. The molecular weight excluding hydrogens is 451 g/mol. The molecule has 0 spiro atoms. The fourth-order valence-electron chi connectivity index (χ4n) is 3.20. The second-order valence-corrected chi connectivity index (χ2v) is 8.28. The van der Waals surface area contributed by atoms with Gasteiger partial charge >= 0.3 is 6.18 Å². The molecule has 6 nitrogen and oxygen atoms in total. The van der Waals surface area contributed by atoms with E-state index in [1.165, 1.54) is 35.2 Å². The van der Waals surface area contributed by atoms with Crippen LogP contribution < -0.4 is 5.32 Å². The molecule has 0 saturated carbocycles. The Morgan fingerprint density at radius 3 is 2.61 bits per heavy atom. The maximum Gasteiger partial charge on any atom is 0.416 e. The third-order valence-corrected chi connectivity index (χ3v) is 5.99. The number of nitrogens with one attached hydrogen (secondary N) is 1. The number of carbonyl (C=O) groups is 1. The summed E-state index contributed by atoms with van der Waals surface area (Å²) in [6.45, 7) is 3.95. The molecule has 0 aliphatic rings. The Balaban J connectivity index is 1.69. The number of aromatic nitrogens is 4. The van der Waals surface area contributed by atoms with E-state index in [9.17, 15) is 18.0 Å². The predicted octanol–water partition coefficient (Wildman–Crippen LogP) is 5.70. The maximum absolute atomic E-state index is 13.3. The van der Waals surface area contributed by atoms with Crippen molar-refractivity contribution in [1.82, 2.24) is 19.7 Å². The molecule has 33 heavy (non-hydrogen) atoms. The predicted molar refractivity (Wildman–Crippen MR) is 119 cm³/mol. The first-order chi connectivity index (χ1) is 15.7. The van der Waals surface area contributed by atoms with Crippen molar-refractivity contribution in [2.75, 3.05) is 5.32 Å². The van der Waals surface area contributed by atoms with Gasteiger partial charge in [-0.3, -0.25) is 4.79 Å². The molecule has 1 N–H and O–H groups in total. The molecule has 10 heteroatoms. The molecule has 168 valence electrons. The van der Waals surface area contributed by atoms with E-state index < -0.39 is 17.6 Å². The number of halogens is 3. The van der Waals surface area contributed by atoms with E-state index in [1.807, 2.05) is 32.0 Å². The third-order valence-electron chi connectivity index (χ3n) is 4.79. The van der Waals surface area contributed by atoms with Crippen molar-refractivity contribution in [2.45, 2.75) is 29.9 Å². The van der Waals surface area contributed by atoms with Gasteiger partial charge in [-0.25, -0.2) is 14.6 Å². The van der Waals surface area contributed by atoms with Crippen LogP contribution in [0.25, 0.3) is 5.69 Å². The standard InChI is InChI=1S/C23H18F3N5OS/c1-14-5-8-20(15(2)10-14)33-22-17(4-3-9-28-22)21(32)30-18-11-16(23(24,25)26)6-7-19(18)31-13-27-12-29-31/h3-13H,1-2H3,(H,30,32). The average molecular weight is 469 g/mol. The van der Waals surface area contributed by atoms with Crippen molar-refractivity contribution in [3.63, 3.8) is 0 Å². The van der Waals surface area contributed by atoms with Crippen LogP contribution in [0.5, 0.6) is 0 Å². The largest absolute Gasteiger partial charge is 0.416 e. The zero-order chi connectivity index (χ0) is 23.6. The minimum absolute atomic E-state index is 0.0494. The molecule has 0 atom stereocenters. The summed E-state index contributed by atoms with van der Waals surface area (Å²) in [6.07, 6.45) is -0.417. The SMILES string of the molecule is Cc1ccc(Sc2ncccc2C(=O)Nc2cc(C(F)(F)F)ccc2-n2cncn2)c(C)c1. The third kappa shape index (κ3) is 5.06. The highest BCUT2D eigenvalue weighted by Crippen LogP contribution is 2.35. The second-order valence-electron chi connectivity index (χ2n) is 7.25. The van der Waals surface area contributed by atoms with Gasteiger partial charge in [0.05, 0.1) is 22.5 Å². The van der Waals surface area contributed by atoms with Crippen molar-refractivity contribution in [3.8, 4) is 5.69 Å². The van der Waals surface area contributed by atoms with E-state index in [1.54, 1.807) is 18.3 Å². The van der Waals surface area contributed by atoms with Crippen molar-refractivity contribution in [3.05, 3.63) is 89.6 Å². The zero-order valence-electron chi connectivity index (χ0n) is 17.6. The minimum atomic E-state index is -4.57. The monoisotopic (exact) mass is 469 g/mol. The first kappa shape index (κ1) is 22.5. The van der Waals surface area contributed by atoms with E-state index in [0.29, 0.717) is 5.03 Å². The van der Waals surface area contributed by atoms with Gasteiger partial charge in [-0.2, -0.15) is 18.3 Å². The number of hydrogen-bond donors (Lipinski definition) is 1. The van der Waals surface area contributed by atoms with E-state index in [0.717, 1.165) is 28.2 Å². The van der Waals surface area contributed by atoms with Gasteiger partial charge in [-0.1, -0.05) is 29.5 Å². The van der Waals surface area contributed by atoms with E-state index in [2.05, 4.69) is 20.4 Å². The molecule has 0 aliphatic heterocycles. The molecule has 2 heterocycles. The van der Waals surface area contributed by atoms with Crippen molar-refractivity contribution in [2.24, 2.45) is 0 Å². The quantitative estimate of drug-likeness (QED) is 0.406. The number of rotatable bonds is 5. The molecule has 0 radical (unpaired) electrons. The summed E-state index contributed by atoms with van der Waals surface area (Å²) in [6, 6.07) is 12.2. The highest BCUT2D eigenvalue weighted by molar-refractivity contribution is 7.99. The Hall–Kier alpha value is -3.66. The molecule has 4 aromatic rings. The molecule has 0 fully saturated rings. The van der Waals surface area contributed by atoms with Crippen LogP contribution in [0.4, 0.5) is 18.9 Å². The van der Waals surface area contributed by atoms with Crippen LogP contribution in [0.3, 0.4) is 0 Å². The van der Waals surface area contributed by atoms with Gasteiger partial charge in [0.15, 0.2) is 0 Å². The van der Waals surface area contributed by atoms with Crippen LogP contribution in [-0.2, 0) is 6.18 Å². The summed E-state index contributed by atoms with van der Waals surface area (Å²) in [5, 5.41) is 7.00. The summed E-state index contributed by atoms with van der Waals surface area (Å²) < 4.78 is 41.2. The molecule has 1 amide bonds. The summed E-state index contributed by atoms with van der Waals surface area (Å²) in [5.41, 5.74) is 1.69. The first-order valence-corrected chi connectivity index (χ1v) is 10.6. The van der Waals surface area contributed by atoms with E-state index in [4.69, 9.17) is 0 Å². The van der Waals surface area contributed by atoms with Crippen molar-refractivity contribution in [1.29, 1.82) is 0 Å². The number of carbonyl (C=O) groups excluding carboxylic acids is 1. The molecule has 0 saturated heterocycles. The summed E-state index contributed by atoms with van der Waals surface area (Å²) in [7, 11) is 0. The lowest BCUT2D eigenvalue weighted by Gasteiger charge is -2.15. The normalized spacial score (nSPS) is 11.4. The Bertz CT molecular complexity index is 1310. The molecule has 0 aliphatic carbocycles. The van der Waals surface area contributed by atoms with Crippen molar-refractivity contribution < 1.29 is 18.0 Å². The van der Waals surface area contributed by atoms with Gasteiger partial charge in [-0.15, -0.1) is 0 Å². The molecule has 2 aromatic carbocycles. The first-order valence-electron chi connectivity index (χ1n) is 9.80. The molecule has 4 rings (SSSR count). The van der Waals surface area contributed by atoms with Crippen molar-refractivity contribution >= 4 is 23.4 Å². The molecule has 2 aromatic heterocycles. The minimum Gasteiger partial charge on any atom is -0.320 e. The number of amides is 1. The van der Waals surface area contributed by atoms with Gasteiger partial charge in [0, 0.05) is 11.1 Å². The van der Waals surface area contributed by atoms with Gasteiger partial charge in [0.2, 0.25) is 0 Å². The summed E-state index contributed by atoms with van der Waals surface area (Å²) in [5.74, 6) is -0.587. The Morgan fingerprint density at radius 2 is 1.91 bits per heavy atom. The number of alkyl halides is 3. The van der Waals surface area contributed by atoms with Gasteiger partial charge in [0.25, 0.3) is 5.91 Å². The fourth-order valence-corrected chi connectivity index (χ4v) is 4.15. The number of benzene rings is 2. The second kappa shape index (κ2) is 9.07. The highest BCUT2D eigenvalue weighted by Gasteiger charge is 2.31. The summed E-state index contributed by atoms with van der Waals surface area (Å²) in [4.78, 5) is 22.2. The van der Waals surface area contributed by atoms with Gasteiger partial charge in [-0.05, 0) is 55.8 Å². The van der Waals surface area contributed by atoms with E-state index in [-0.39, 0.29) is 16.9 Å². The molecule has 0 bridgehead atoms. The summed E-state index contributed by atoms with van der Waals surface area (Å²) >= 11 is 1.32. The van der Waals surface area contributed by atoms with Crippen LogP contribution in [-0.4, -0.2) is 25.7 Å². The number of nitrogens with zero attached hydrogens (tertiary/aromatic N) is 4. The topological polar surface area (TPSA) is 72.7 Å². The van der Waals surface area contributed by atoms with Gasteiger partial charge < -0.3 is 5.32 Å². The van der Waals surface area contributed by atoms with E-state index >= 15 is 0 Å². The van der Waals surface area contributed by atoms with Crippen LogP contribution in [0.1, 0.15) is 27.0 Å². The number of pyridine rings is 1. The molecular formula is C23H18F3N5OS. The number of hydrogen-bond acceptors (Lipinski definition) is 5. The lowest BCUT2D eigenvalue weighted by atomic mass is 10.1. The Kier molecular flexibility index (Phi) is 6.19. The van der Waals surface area contributed by atoms with Crippen LogP contribution in [0, 0.1) is 13.8 Å². The molecule has 0 unspecified atom stereocenters. The smallest absolute Gasteiger partial charge is 0.320 e. The zero-order valence-corrected chi connectivity index (χ0v) is 18.4. The van der Waals surface area contributed by atoms with Gasteiger partial charge in [0.1, 0.15) is 17.7 Å². The van der Waals surface area contributed by atoms with Crippen LogP contribution in [0.2, 0.25) is 0 Å². The lowest BCUT2D eigenvalue weighted by molar-refractivity contribution is -0.137. The Morgan fingerprint density at radius 1 is 1.09 bits per heavy atom. The van der Waals surface area contributed by atoms with Crippen LogP contribution in [0.15, 0.2) is 77.3 Å².